The van der Waals surface area contributed by atoms with Gasteiger partial charge in [0.15, 0.2) is 0 Å². The van der Waals surface area contributed by atoms with Gasteiger partial charge in [-0.1, -0.05) is 49.5 Å². The smallest absolute Gasteiger partial charge is 0.323 e. The van der Waals surface area contributed by atoms with Gasteiger partial charge in [-0.2, -0.15) is 0 Å². The molecule has 0 spiro atoms. The molecular formula is C23H29BF2N2O2. The molecule has 0 amide bonds. The first kappa shape index (κ1) is 22.4. The molecule has 0 heterocycles. The summed E-state index contributed by atoms with van der Waals surface area (Å²) >= 11 is 0. The average molecular weight is 414 g/mol. The lowest BCUT2D eigenvalue weighted by Crippen LogP contribution is -2.60. The second-order valence-electron chi connectivity index (χ2n) is 8.34. The number of hydrogen-bond acceptors (Lipinski definition) is 3. The molecule has 1 fully saturated rings. The molecule has 0 aromatic heterocycles. The minimum Gasteiger partial charge on any atom is -0.480 e. The average Bonchev–Trinajstić information content (AvgIpc) is 2.67. The van der Waals surface area contributed by atoms with E-state index in [9.17, 15) is 18.7 Å². The molecule has 2 aromatic rings. The molecule has 1 aliphatic rings. The van der Waals surface area contributed by atoms with Crippen LogP contribution in [0.3, 0.4) is 0 Å². The first-order valence-corrected chi connectivity index (χ1v) is 10.6. The lowest BCUT2D eigenvalue weighted by molar-refractivity contribution is -0.148. The summed E-state index contributed by atoms with van der Waals surface area (Å²) < 4.78 is 28.4. The number of carbonyl (C=O) groups is 1. The number of nitrogens with one attached hydrogen (secondary N) is 1. The highest BCUT2D eigenvalue weighted by Crippen LogP contribution is 2.38. The molecule has 1 unspecified atom stereocenters. The zero-order valence-corrected chi connectivity index (χ0v) is 17.3. The van der Waals surface area contributed by atoms with Crippen molar-refractivity contribution in [1.82, 2.24) is 5.32 Å². The van der Waals surface area contributed by atoms with Crippen molar-refractivity contribution in [3.05, 3.63) is 59.7 Å². The number of unbranched alkanes of at least 4 members (excludes halogenated alkanes) is 1. The van der Waals surface area contributed by atoms with Gasteiger partial charge in [-0.05, 0) is 42.9 Å². The van der Waals surface area contributed by atoms with E-state index in [4.69, 9.17) is 5.73 Å². The van der Waals surface area contributed by atoms with Crippen molar-refractivity contribution in [3.8, 4) is 11.1 Å². The van der Waals surface area contributed by atoms with E-state index in [0.29, 0.717) is 25.8 Å². The van der Waals surface area contributed by atoms with E-state index in [-0.39, 0.29) is 23.1 Å². The van der Waals surface area contributed by atoms with E-state index in [1.807, 2.05) is 0 Å². The van der Waals surface area contributed by atoms with Crippen molar-refractivity contribution in [2.24, 2.45) is 11.7 Å². The van der Waals surface area contributed by atoms with Crippen LogP contribution in [0.25, 0.3) is 11.1 Å². The molecule has 0 bridgehead atoms. The largest absolute Gasteiger partial charge is 0.480 e. The van der Waals surface area contributed by atoms with Crippen LogP contribution in [0.15, 0.2) is 42.5 Å². The molecule has 160 valence electrons. The van der Waals surface area contributed by atoms with Crippen LogP contribution in [0.1, 0.15) is 37.7 Å². The number of halogens is 2. The minimum absolute atomic E-state index is 0.0514. The second kappa shape index (κ2) is 9.71. The van der Waals surface area contributed by atoms with Gasteiger partial charge >= 0.3 is 5.97 Å². The molecule has 0 aliphatic heterocycles. The molecule has 1 saturated carbocycles. The van der Waals surface area contributed by atoms with Crippen molar-refractivity contribution >= 4 is 13.8 Å². The van der Waals surface area contributed by atoms with Crippen LogP contribution in [-0.4, -0.2) is 30.5 Å². The number of aliphatic carboxylic acids is 1. The molecule has 0 radical (unpaired) electrons. The van der Waals surface area contributed by atoms with Crippen LogP contribution >= 0.6 is 0 Å². The fraction of sp³-hybridized carbons (Fsp3) is 0.435. The molecule has 4 N–H and O–H groups in total. The third-order valence-corrected chi connectivity index (χ3v) is 6.25. The zero-order valence-electron chi connectivity index (χ0n) is 17.3. The molecule has 1 atom stereocenters. The van der Waals surface area contributed by atoms with Crippen LogP contribution in [0, 0.1) is 17.6 Å². The Balaban J connectivity index is 1.54. The molecule has 4 nitrogen and oxygen atoms in total. The van der Waals surface area contributed by atoms with Crippen LogP contribution in [-0.2, 0) is 11.3 Å². The summed E-state index contributed by atoms with van der Waals surface area (Å²) in [5.74, 6) is -1.89. The molecule has 7 heteroatoms. The van der Waals surface area contributed by atoms with Gasteiger partial charge in [-0.3, -0.25) is 4.79 Å². The molecule has 2 aromatic carbocycles. The summed E-state index contributed by atoms with van der Waals surface area (Å²) in [6.45, 7) is 0.465. The van der Waals surface area contributed by atoms with E-state index in [1.165, 1.54) is 12.1 Å². The summed E-state index contributed by atoms with van der Waals surface area (Å²) in [5, 5.41) is 13.0. The topological polar surface area (TPSA) is 75.4 Å². The number of rotatable bonds is 10. The van der Waals surface area contributed by atoms with Gasteiger partial charge in [-0.15, -0.1) is 0 Å². The van der Waals surface area contributed by atoms with E-state index in [0.717, 1.165) is 24.7 Å². The lowest BCUT2D eigenvalue weighted by Gasteiger charge is -2.45. The fourth-order valence-corrected chi connectivity index (χ4v) is 4.19. The van der Waals surface area contributed by atoms with Crippen molar-refractivity contribution < 1.29 is 18.7 Å². The Morgan fingerprint density at radius 3 is 2.47 bits per heavy atom. The van der Waals surface area contributed by atoms with E-state index in [2.05, 4.69) is 13.2 Å². The predicted molar refractivity (Wildman–Crippen MR) is 117 cm³/mol. The van der Waals surface area contributed by atoms with Gasteiger partial charge in [0.1, 0.15) is 25.0 Å². The van der Waals surface area contributed by atoms with Crippen molar-refractivity contribution in [3.63, 3.8) is 0 Å². The number of hydrogen-bond donors (Lipinski definition) is 3. The Kier molecular flexibility index (Phi) is 7.26. The van der Waals surface area contributed by atoms with Gasteiger partial charge in [0.25, 0.3) is 0 Å². The van der Waals surface area contributed by atoms with Crippen molar-refractivity contribution in [1.29, 1.82) is 0 Å². The van der Waals surface area contributed by atoms with Crippen LogP contribution in [0.4, 0.5) is 8.78 Å². The third kappa shape index (κ3) is 4.90. The van der Waals surface area contributed by atoms with Crippen LogP contribution in [0.5, 0.6) is 0 Å². The van der Waals surface area contributed by atoms with E-state index >= 15 is 0 Å². The van der Waals surface area contributed by atoms with Crippen LogP contribution in [0.2, 0.25) is 6.32 Å². The van der Waals surface area contributed by atoms with Crippen molar-refractivity contribution in [2.45, 2.75) is 56.5 Å². The third-order valence-electron chi connectivity index (χ3n) is 6.25. The van der Waals surface area contributed by atoms with Gasteiger partial charge in [0, 0.05) is 23.7 Å². The maximum absolute atomic E-state index is 14.5. The number of carboxylic acids is 1. The molecule has 1 aliphatic carbocycles. The minimum atomic E-state index is -1.17. The first-order chi connectivity index (χ1) is 14.3. The summed E-state index contributed by atoms with van der Waals surface area (Å²) in [6, 6.07) is 11.1. The second-order valence-corrected chi connectivity index (χ2v) is 8.34. The Labute approximate surface area is 177 Å². The number of benzene rings is 2. The predicted octanol–water partition coefficient (Wildman–Crippen LogP) is 3.50. The SMILES string of the molecule is BCCCCC(N)(C(=O)O)[C@H]1C[C@@H](NCc2ccc(-c3ccccc3F)c(F)c2)C1. The zero-order chi connectivity index (χ0) is 21.7. The van der Waals surface area contributed by atoms with Crippen LogP contribution < -0.4 is 11.1 Å². The number of nitrogens with two attached hydrogens (primary N) is 1. The van der Waals surface area contributed by atoms with Gasteiger partial charge in [-0.25, -0.2) is 8.78 Å². The highest BCUT2D eigenvalue weighted by molar-refractivity contribution is 6.08. The van der Waals surface area contributed by atoms with Gasteiger partial charge in [0.2, 0.25) is 0 Å². The highest BCUT2D eigenvalue weighted by atomic mass is 19.1. The van der Waals surface area contributed by atoms with Crippen molar-refractivity contribution in [2.75, 3.05) is 0 Å². The lowest BCUT2D eigenvalue weighted by atomic mass is 9.66. The quantitative estimate of drug-likeness (QED) is 0.411. The Morgan fingerprint density at radius 1 is 1.13 bits per heavy atom. The first-order valence-electron chi connectivity index (χ1n) is 10.6. The Morgan fingerprint density at radius 2 is 1.83 bits per heavy atom. The molecule has 3 rings (SSSR count). The summed E-state index contributed by atoms with van der Waals surface area (Å²) in [7, 11) is 2.08. The maximum Gasteiger partial charge on any atom is 0.323 e. The number of carboxylic acid groups (broad SMARTS) is 1. The van der Waals surface area contributed by atoms with E-state index in [1.54, 1.807) is 30.3 Å². The molecule has 30 heavy (non-hydrogen) atoms. The Hall–Kier alpha value is -2.25. The highest BCUT2D eigenvalue weighted by Gasteiger charge is 2.47. The normalized spacial score (nSPS) is 20.4. The fourth-order valence-electron chi connectivity index (χ4n) is 4.19. The van der Waals surface area contributed by atoms with E-state index < -0.39 is 23.1 Å². The summed E-state index contributed by atoms with van der Waals surface area (Å²) in [5.41, 5.74) is 6.33. The maximum atomic E-state index is 14.5. The summed E-state index contributed by atoms with van der Waals surface area (Å²) in [4.78, 5) is 11.7. The summed E-state index contributed by atoms with van der Waals surface area (Å²) in [6.07, 6.45) is 4.72. The van der Waals surface area contributed by atoms with Gasteiger partial charge in [0.05, 0.1) is 0 Å². The van der Waals surface area contributed by atoms with Gasteiger partial charge < -0.3 is 16.2 Å². The molecule has 0 saturated heterocycles. The standard InChI is InChI=1S/C23H29BF2N2O2/c24-10-4-3-9-23(27,22(29)30)16-12-17(13-16)28-14-15-7-8-19(21(26)11-15)18-5-1-2-6-20(18)25/h1-2,5-8,11,16-17,28H,3-4,9-10,12-14,24,27H2,(H,29,30)/t16-,17+,23?. The Bertz CT molecular complexity index is 889. The molecular weight excluding hydrogens is 385 g/mol. The monoisotopic (exact) mass is 414 g/mol.